The molecule has 1 aliphatic heterocycles. The van der Waals surface area contributed by atoms with Crippen LogP contribution >= 0.6 is 0 Å². The Balaban J connectivity index is 1.78. The van der Waals surface area contributed by atoms with E-state index in [0.29, 0.717) is 35.0 Å². The summed E-state index contributed by atoms with van der Waals surface area (Å²) in [4.78, 5) is 4.53. The summed E-state index contributed by atoms with van der Waals surface area (Å²) >= 11 is 0. The number of benzene rings is 2. The minimum absolute atomic E-state index is 0.294. The van der Waals surface area contributed by atoms with Gasteiger partial charge in [0.1, 0.15) is 12.4 Å². The number of ether oxygens (including phenoxy) is 1. The van der Waals surface area contributed by atoms with Crippen molar-refractivity contribution < 1.29 is 13.2 Å². The fraction of sp³-hybridized carbons (Fsp3) is 0.250. The summed E-state index contributed by atoms with van der Waals surface area (Å²) < 4.78 is 35.9. The third-order valence-electron chi connectivity index (χ3n) is 4.74. The van der Waals surface area contributed by atoms with Gasteiger partial charge in [0, 0.05) is 11.9 Å². The molecule has 0 atom stereocenters. The normalized spacial score (nSPS) is 14.0. The Kier molecular flexibility index (Phi) is 4.19. The van der Waals surface area contributed by atoms with Crippen molar-refractivity contribution in [3.8, 4) is 11.4 Å². The molecule has 0 radical (unpaired) electrons. The maximum atomic E-state index is 13.4. The van der Waals surface area contributed by atoms with Crippen molar-refractivity contribution in [2.75, 3.05) is 17.5 Å². The number of aromatic nitrogens is 2. The van der Waals surface area contributed by atoms with E-state index in [1.165, 1.54) is 4.31 Å². The van der Waals surface area contributed by atoms with Crippen LogP contribution in [0, 0.1) is 20.8 Å². The lowest BCUT2D eigenvalue weighted by molar-refractivity contribution is 0.315. The maximum Gasteiger partial charge on any atom is 0.264 e. The number of imidazole rings is 1. The molecule has 6 nitrogen and oxygen atoms in total. The van der Waals surface area contributed by atoms with Gasteiger partial charge in [-0.1, -0.05) is 12.1 Å². The molecule has 0 bridgehead atoms. The number of hydrogen-bond donors (Lipinski definition) is 0. The van der Waals surface area contributed by atoms with Crippen molar-refractivity contribution in [1.82, 2.24) is 9.55 Å². The predicted octanol–water partition coefficient (Wildman–Crippen LogP) is 3.39. The molecule has 0 saturated heterocycles. The lowest BCUT2D eigenvalue weighted by Crippen LogP contribution is -2.38. The summed E-state index contributed by atoms with van der Waals surface area (Å²) in [5.74, 6) is 0.605. The number of aryl methyl sites for hydroxylation is 3. The van der Waals surface area contributed by atoms with E-state index in [2.05, 4.69) is 4.98 Å². The molecule has 27 heavy (non-hydrogen) atoms. The molecule has 1 aliphatic rings. The highest BCUT2D eigenvalue weighted by atomic mass is 32.2. The standard InChI is InChI=1S/C20H21N3O3S/c1-14-5-4-6-18-20(14)23(9-10-26-18)27(24,25)19-8-7-17(11-15(19)2)22-12-16(3)21-13-22/h4-8,11-13H,9-10H2,1-3H3. The highest BCUT2D eigenvalue weighted by Crippen LogP contribution is 2.38. The lowest BCUT2D eigenvalue weighted by atomic mass is 10.1. The Labute approximate surface area is 159 Å². The second-order valence-corrected chi connectivity index (χ2v) is 8.55. The third-order valence-corrected chi connectivity index (χ3v) is 6.70. The first kappa shape index (κ1) is 17.6. The van der Waals surface area contributed by atoms with Gasteiger partial charge in [0.15, 0.2) is 0 Å². The van der Waals surface area contributed by atoms with Gasteiger partial charge in [-0.05, 0) is 56.2 Å². The fourth-order valence-corrected chi connectivity index (χ4v) is 5.16. The van der Waals surface area contributed by atoms with Crippen LogP contribution in [-0.4, -0.2) is 31.1 Å². The van der Waals surface area contributed by atoms with Gasteiger partial charge in [-0.25, -0.2) is 13.4 Å². The van der Waals surface area contributed by atoms with Crippen molar-refractivity contribution in [2.24, 2.45) is 0 Å². The average Bonchev–Trinajstić information content (AvgIpc) is 3.07. The Morgan fingerprint density at radius 1 is 1.07 bits per heavy atom. The number of anilines is 1. The van der Waals surface area contributed by atoms with Gasteiger partial charge in [0.25, 0.3) is 10.0 Å². The van der Waals surface area contributed by atoms with E-state index in [-0.39, 0.29) is 0 Å². The van der Waals surface area contributed by atoms with Crippen LogP contribution < -0.4 is 9.04 Å². The zero-order valence-electron chi connectivity index (χ0n) is 15.5. The van der Waals surface area contributed by atoms with Crippen molar-refractivity contribution in [3.63, 3.8) is 0 Å². The second-order valence-electron chi connectivity index (χ2n) is 6.72. The summed E-state index contributed by atoms with van der Waals surface area (Å²) in [6.45, 7) is 6.26. The number of hydrogen-bond acceptors (Lipinski definition) is 4. The Hall–Kier alpha value is -2.80. The van der Waals surface area contributed by atoms with E-state index in [9.17, 15) is 8.42 Å². The Morgan fingerprint density at radius 3 is 2.59 bits per heavy atom. The Bertz CT molecular complexity index is 1120. The third kappa shape index (κ3) is 2.98. The molecular formula is C20H21N3O3S. The van der Waals surface area contributed by atoms with E-state index >= 15 is 0 Å². The Morgan fingerprint density at radius 2 is 1.89 bits per heavy atom. The zero-order chi connectivity index (χ0) is 19.2. The first-order valence-electron chi connectivity index (χ1n) is 8.75. The molecule has 0 amide bonds. The lowest BCUT2D eigenvalue weighted by Gasteiger charge is -2.32. The minimum Gasteiger partial charge on any atom is -0.489 e. The van der Waals surface area contributed by atoms with Crippen LogP contribution in [0.1, 0.15) is 16.8 Å². The van der Waals surface area contributed by atoms with E-state index in [4.69, 9.17) is 4.74 Å². The molecule has 4 rings (SSSR count). The molecule has 0 saturated carbocycles. The minimum atomic E-state index is -3.69. The molecule has 3 aromatic rings. The van der Waals surface area contributed by atoms with E-state index in [0.717, 1.165) is 16.9 Å². The van der Waals surface area contributed by atoms with Crippen molar-refractivity contribution >= 4 is 15.7 Å². The number of sulfonamides is 1. The van der Waals surface area contributed by atoms with Crippen LogP contribution in [0.4, 0.5) is 5.69 Å². The molecular weight excluding hydrogens is 362 g/mol. The molecule has 0 spiro atoms. The van der Waals surface area contributed by atoms with Crippen LogP contribution in [0.2, 0.25) is 0 Å². The van der Waals surface area contributed by atoms with Gasteiger partial charge in [0.05, 0.1) is 29.1 Å². The van der Waals surface area contributed by atoms with E-state index in [1.807, 2.05) is 49.7 Å². The molecule has 0 aliphatic carbocycles. The van der Waals surface area contributed by atoms with Crippen LogP contribution in [0.5, 0.6) is 5.75 Å². The molecule has 2 heterocycles. The van der Waals surface area contributed by atoms with Gasteiger partial charge in [-0.15, -0.1) is 0 Å². The van der Waals surface area contributed by atoms with Crippen LogP contribution in [-0.2, 0) is 10.0 Å². The molecule has 7 heteroatoms. The van der Waals surface area contributed by atoms with Gasteiger partial charge in [0.2, 0.25) is 0 Å². The molecule has 2 aromatic carbocycles. The van der Waals surface area contributed by atoms with Crippen LogP contribution in [0.25, 0.3) is 5.69 Å². The largest absolute Gasteiger partial charge is 0.489 e. The van der Waals surface area contributed by atoms with Crippen LogP contribution in [0.3, 0.4) is 0 Å². The second kappa shape index (κ2) is 6.42. The highest BCUT2D eigenvalue weighted by Gasteiger charge is 2.32. The fourth-order valence-electron chi connectivity index (χ4n) is 3.42. The van der Waals surface area contributed by atoms with Crippen molar-refractivity contribution in [3.05, 3.63) is 65.7 Å². The maximum absolute atomic E-state index is 13.4. The van der Waals surface area contributed by atoms with Crippen molar-refractivity contribution in [2.45, 2.75) is 25.7 Å². The quantitative estimate of drug-likeness (QED) is 0.695. The summed E-state index contributed by atoms with van der Waals surface area (Å²) in [7, 11) is -3.69. The number of para-hydroxylation sites is 1. The average molecular weight is 383 g/mol. The monoisotopic (exact) mass is 383 g/mol. The number of nitrogens with zero attached hydrogens (tertiary/aromatic N) is 3. The molecule has 0 unspecified atom stereocenters. The van der Waals surface area contributed by atoms with Gasteiger partial charge < -0.3 is 9.30 Å². The topological polar surface area (TPSA) is 64.4 Å². The molecule has 140 valence electrons. The first-order chi connectivity index (χ1) is 12.9. The van der Waals surface area contributed by atoms with Gasteiger partial charge in [-0.2, -0.15) is 0 Å². The summed E-state index contributed by atoms with van der Waals surface area (Å²) in [5, 5.41) is 0. The summed E-state index contributed by atoms with van der Waals surface area (Å²) in [6, 6.07) is 10.9. The number of rotatable bonds is 3. The van der Waals surface area contributed by atoms with Crippen molar-refractivity contribution in [1.29, 1.82) is 0 Å². The zero-order valence-corrected chi connectivity index (χ0v) is 16.3. The van der Waals surface area contributed by atoms with Crippen LogP contribution in [0.15, 0.2) is 53.8 Å². The molecule has 0 fully saturated rings. The molecule has 0 N–H and O–H groups in total. The first-order valence-corrected chi connectivity index (χ1v) is 10.2. The van der Waals surface area contributed by atoms with E-state index < -0.39 is 10.0 Å². The SMILES string of the molecule is Cc1cn(-c2ccc(S(=O)(=O)N3CCOc4cccc(C)c43)c(C)c2)cn1. The smallest absolute Gasteiger partial charge is 0.264 e. The van der Waals surface area contributed by atoms with E-state index in [1.54, 1.807) is 24.5 Å². The summed E-state index contributed by atoms with van der Waals surface area (Å²) in [6.07, 6.45) is 3.63. The summed E-state index contributed by atoms with van der Waals surface area (Å²) in [5.41, 5.74) is 3.98. The van der Waals surface area contributed by atoms with Gasteiger partial charge in [-0.3, -0.25) is 4.31 Å². The van der Waals surface area contributed by atoms with Gasteiger partial charge >= 0.3 is 0 Å². The number of fused-ring (bicyclic) bond motifs is 1. The highest BCUT2D eigenvalue weighted by molar-refractivity contribution is 7.92. The molecule has 1 aromatic heterocycles. The predicted molar refractivity (Wildman–Crippen MR) is 104 cm³/mol.